The number of nitrogens with one attached hydrogen (secondary N) is 2. The van der Waals surface area contributed by atoms with E-state index in [1.165, 1.54) is 6.26 Å². The molecule has 5 nitrogen and oxygen atoms in total. The second-order valence-corrected chi connectivity index (χ2v) is 8.79. The van der Waals surface area contributed by atoms with E-state index in [0.29, 0.717) is 17.3 Å². The summed E-state index contributed by atoms with van der Waals surface area (Å²) in [5.41, 5.74) is 1.61. The number of benzene rings is 2. The van der Waals surface area contributed by atoms with Crippen molar-refractivity contribution in [3.63, 3.8) is 0 Å². The summed E-state index contributed by atoms with van der Waals surface area (Å²) in [5.74, 6) is -2.46. The van der Waals surface area contributed by atoms with Crippen molar-refractivity contribution in [3.8, 4) is 11.3 Å². The van der Waals surface area contributed by atoms with E-state index in [4.69, 9.17) is 4.78 Å². The Bertz CT molecular complexity index is 1150. The minimum absolute atomic E-state index is 0.0137. The molecule has 146 valence electrons. The first-order valence-corrected chi connectivity index (χ1v) is 10.3. The van der Waals surface area contributed by atoms with Crippen LogP contribution in [0, 0.1) is 29.2 Å². The van der Waals surface area contributed by atoms with Crippen molar-refractivity contribution in [3.05, 3.63) is 71.2 Å². The highest BCUT2D eigenvalue weighted by Crippen LogP contribution is 2.26. The molecule has 0 aliphatic heterocycles. The molecule has 0 aliphatic rings. The highest BCUT2D eigenvalue weighted by Gasteiger charge is 2.15. The van der Waals surface area contributed by atoms with E-state index in [1.807, 2.05) is 13.0 Å². The number of anilines is 2. The number of aromatic nitrogens is 2. The topological polar surface area (TPSA) is 78.7 Å². The lowest BCUT2D eigenvalue weighted by Gasteiger charge is -2.11. The Balaban J connectivity index is 1.96. The van der Waals surface area contributed by atoms with Crippen molar-refractivity contribution < 1.29 is 17.4 Å². The largest absolute Gasteiger partial charge is 0.324 e. The fraction of sp³-hybridized carbons (Fsp3) is 0.158. The number of rotatable bonds is 5. The lowest BCUT2D eigenvalue weighted by molar-refractivity contribution is 0.580. The third-order valence-corrected chi connectivity index (χ3v) is 4.65. The lowest BCUT2D eigenvalue weighted by atomic mass is 10.1. The summed E-state index contributed by atoms with van der Waals surface area (Å²) in [5, 5.41) is 2.90. The SMILES string of the molecule is Cc1cc(C[S@@](C)(=N)=O)cc(Nc2ncc(F)c(-c3ccc(F)cc3F)n2)c1. The zero-order valence-electron chi connectivity index (χ0n) is 15.1. The van der Waals surface area contributed by atoms with E-state index in [2.05, 4.69) is 15.3 Å². The summed E-state index contributed by atoms with van der Waals surface area (Å²) in [7, 11) is -2.72. The van der Waals surface area contributed by atoms with Crippen LogP contribution in [0.3, 0.4) is 0 Å². The van der Waals surface area contributed by atoms with Gasteiger partial charge in [-0.15, -0.1) is 0 Å². The van der Waals surface area contributed by atoms with Gasteiger partial charge in [0.1, 0.15) is 17.3 Å². The monoisotopic (exact) mass is 406 g/mol. The molecule has 9 heteroatoms. The molecule has 0 radical (unpaired) electrons. The number of hydrogen-bond acceptors (Lipinski definition) is 5. The molecule has 2 N–H and O–H groups in total. The van der Waals surface area contributed by atoms with E-state index in [1.54, 1.807) is 12.1 Å². The molecule has 0 aliphatic carbocycles. The second-order valence-electron chi connectivity index (χ2n) is 6.50. The minimum atomic E-state index is -2.72. The maximum atomic E-state index is 14.1. The molecule has 1 heterocycles. The van der Waals surface area contributed by atoms with Gasteiger partial charge in [-0.2, -0.15) is 0 Å². The van der Waals surface area contributed by atoms with Gasteiger partial charge in [-0.3, -0.25) is 4.78 Å². The molecule has 0 amide bonds. The molecule has 0 unspecified atom stereocenters. The Morgan fingerprint density at radius 3 is 2.54 bits per heavy atom. The van der Waals surface area contributed by atoms with Crippen LogP contribution in [0.4, 0.5) is 24.8 Å². The summed E-state index contributed by atoms with van der Waals surface area (Å²) >= 11 is 0. The first-order chi connectivity index (χ1) is 13.1. The van der Waals surface area contributed by atoms with Crippen LogP contribution in [0.15, 0.2) is 42.6 Å². The zero-order valence-corrected chi connectivity index (χ0v) is 15.9. The lowest BCUT2D eigenvalue weighted by Crippen LogP contribution is -2.03. The number of hydrogen-bond donors (Lipinski definition) is 2. The van der Waals surface area contributed by atoms with E-state index >= 15 is 0 Å². The van der Waals surface area contributed by atoms with Crippen LogP contribution in [0.25, 0.3) is 11.3 Å². The van der Waals surface area contributed by atoms with Crippen LogP contribution in [0.1, 0.15) is 11.1 Å². The predicted molar refractivity (Wildman–Crippen MR) is 102 cm³/mol. The second kappa shape index (κ2) is 7.59. The average Bonchev–Trinajstić information content (AvgIpc) is 2.55. The summed E-state index contributed by atoms with van der Waals surface area (Å²) in [4.78, 5) is 7.86. The van der Waals surface area contributed by atoms with E-state index in [-0.39, 0.29) is 23.0 Å². The molecule has 0 fully saturated rings. The van der Waals surface area contributed by atoms with Crippen molar-refractivity contribution >= 4 is 21.4 Å². The maximum absolute atomic E-state index is 14.1. The van der Waals surface area contributed by atoms with Gasteiger partial charge in [-0.1, -0.05) is 6.07 Å². The maximum Gasteiger partial charge on any atom is 0.227 e. The van der Waals surface area contributed by atoms with Crippen molar-refractivity contribution in [2.75, 3.05) is 11.6 Å². The van der Waals surface area contributed by atoms with Crippen LogP contribution in [-0.2, 0) is 15.5 Å². The van der Waals surface area contributed by atoms with Gasteiger partial charge in [0.15, 0.2) is 5.82 Å². The van der Waals surface area contributed by atoms with Crippen molar-refractivity contribution in [1.29, 1.82) is 4.78 Å². The first-order valence-electron chi connectivity index (χ1n) is 8.18. The number of halogens is 3. The Kier molecular flexibility index (Phi) is 5.37. The van der Waals surface area contributed by atoms with Gasteiger partial charge in [0.2, 0.25) is 5.95 Å². The van der Waals surface area contributed by atoms with Crippen molar-refractivity contribution in [1.82, 2.24) is 9.97 Å². The standard InChI is InChI=1S/C19H17F3N4OS/c1-11-5-12(10-28(2,23)27)7-14(6-11)25-19-24-9-17(22)18(26-19)15-4-3-13(20)8-16(15)21/h3-9,23H,10H2,1-2H3,(H,24,25,26)/t28-/m0/s1. The van der Waals surface area contributed by atoms with Crippen LogP contribution < -0.4 is 5.32 Å². The van der Waals surface area contributed by atoms with Gasteiger partial charge in [0.05, 0.1) is 11.9 Å². The molecule has 0 spiro atoms. The molecule has 1 atom stereocenters. The quantitative estimate of drug-likeness (QED) is 0.639. The average molecular weight is 406 g/mol. The Morgan fingerprint density at radius 2 is 1.86 bits per heavy atom. The van der Waals surface area contributed by atoms with E-state index in [0.717, 1.165) is 23.9 Å². The smallest absolute Gasteiger partial charge is 0.227 e. The van der Waals surface area contributed by atoms with Gasteiger partial charge in [0, 0.05) is 33.3 Å². The molecule has 3 rings (SSSR count). The Hall–Kier alpha value is -2.94. The van der Waals surface area contributed by atoms with Gasteiger partial charge in [-0.05, 0) is 42.3 Å². The molecular weight excluding hydrogens is 389 g/mol. The summed E-state index contributed by atoms with van der Waals surface area (Å²) < 4.78 is 60.6. The molecular formula is C19H17F3N4OS. The third kappa shape index (κ3) is 4.86. The van der Waals surface area contributed by atoms with Gasteiger partial charge in [0.25, 0.3) is 0 Å². The number of aryl methyl sites for hydroxylation is 1. The summed E-state index contributed by atoms with van der Waals surface area (Å²) in [6, 6.07) is 8.05. The zero-order chi connectivity index (χ0) is 20.5. The van der Waals surface area contributed by atoms with Crippen LogP contribution in [0.2, 0.25) is 0 Å². The van der Waals surface area contributed by atoms with Crippen LogP contribution in [0.5, 0.6) is 0 Å². The van der Waals surface area contributed by atoms with Gasteiger partial charge >= 0.3 is 0 Å². The molecule has 28 heavy (non-hydrogen) atoms. The predicted octanol–water partition coefficient (Wildman–Crippen LogP) is 4.79. The van der Waals surface area contributed by atoms with Crippen molar-refractivity contribution in [2.24, 2.45) is 0 Å². The molecule has 1 aromatic heterocycles. The molecule has 3 aromatic rings. The Morgan fingerprint density at radius 1 is 1.11 bits per heavy atom. The highest BCUT2D eigenvalue weighted by atomic mass is 32.2. The fourth-order valence-corrected chi connectivity index (χ4v) is 3.57. The number of nitrogens with zero attached hydrogens (tertiary/aromatic N) is 2. The van der Waals surface area contributed by atoms with Gasteiger partial charge in [-0.25, -0.2) is 27.3 Å². The van der Waals surface area contributed by atoms with Crippen LogP contribution >= 0.6 is 0 Å². The third-order valence-electron chi connectivity index (χ3n) is 3.77. The van der Waals surface area contributed by atoms with Gasteiger partial charge < -0.3 is 5.32 Å². The fourth-order valence-electron chi connectivity index (χ4n) is 2.76. The highest BCUT2D eigenvalue weighted by molar-refractivity contribution is 7.90. The molecule has 0 saturated carbocycles. The molecule has 0 bridgehead atoms. The van der Waals surface area contributed by atoms with E-state index < -0.39 is 27.2 Å². The first kappa shape index (κ1) is 19.8. The summed E-state index contributed by atoms with van der Waals surface area (Å²) in [6.45, 7) is 1.83. The molecule has 0 saturated heterocycles. The Labute approximate surface area is 160 Å². The minimum Gasteiger partial charge on any atom is -0.324 e. The van der Waals surface area contributed by atoms with Crippen LogP contribution in [-0.4, -0.2) is 20.4 Å². The molecule has 2 aromatic carbocycles. The van der Waals surface area contributed by atoms with Crippen molar-refractivity contribution in [2.45, 2.75) is 12.7 Å². The van der Waals surface area contributed by atoms with E-state index in [9.17, 15) is 17.4 Å². The summed E-state index contributed by atoms with van der Waals surface area (Å²) in [6.07, 6.45) is 2.25. The normalized spacial score (nSPS) is 13.2.